The highest BCUT2D eigenvalue weighted by molar-refractivity contribution is 5.85. The summed E-state index contributed by atoms with van der Waals surface area (Å²) >= 11 is 0. The van der Waals surface area contributed by atoms with E-state index in [1.54, 1.807) is 18.6 Å². The standard InChI is InChI=1S/C17H16N4O.H2/c1-2-15-8-18-4-3-13(15)5-14(1)16-9-20-10-17(21-16)22-11-12-6-19-7-12;/h1-5,8-10,12,19H,6-7,11H2;1H. The first-order valence-electron chi connectivity index (χ1n) is 7.38. The smallest absolute Gasteiger partial charge is 0.232 e. The fraction of sp³-hybridized carbons (Fsp3) is 0.235. The predicted molar refractivity (Wildman–Crippen MR) is 86.7 cm³/mol. The van der Waals surface area contributed by atoms with Gasteiger partial charge in [0.15, 0.2) is 0 Å². The highest BCUT2D eigenvalue weighted by atomic mass is 16.5. The average Bonchev–Trinajstić information content (AvgIpc) is 2.53. The molecule has 0 aliphatic carbocycles. The zero-order valence-electron chi connectivity index (χ0n) is 12.1. The van der Waals surface area contributed by atoms with Crippen molar-refractivity contribution in [2.75, 3.05) is 19.7 Å². The van der Waals surface area contributed by atoms with Crippen LogP contribution in [0.3, 0.4) is 0 Å². The Balaban J connectivity index is 0.00000156. The molecule has 0 bridgehead atoms. The lowest BCUT2D eigenvalue weighted by atomic mass is 10.1. The van der Waals surface area contributed by atoms with Crippen LogP contribution >= 0.6 is 0 Å². The molecule has 0 atom stereocenters. The van der Waals surface area contributed by atoms with E-state index in [0.29, 0.717) is 18.4 Å². The Bertz CT molecular complexity index is 807. The van der Waals surface area contributed by atoms with Crippen LogP contribution in [0.5, 0.6) is 5.88 Å². The first-order valence-corrected chi connectivity index (χ1v) is 7.38. The van der Waals surface area contributed by atoms with Crippen molar-refractivity contribution in [3.8, 4) is 17.1 Å². The highest BCUT2D eigenvalue weighted by Crippen LogP contribution is 2.23. The number of hydrogen-bond acceptors (Lipinski definition) is 5. The van der Waals surface area contributed by atoms with Gasteiger partial charge in [0.2, 0.25) is 5.88 Å². The van der Waals surface area contributed by atoms with Gasteiger partial charge in [-0.3, -0.25) is 9.97 Å². The summed E-state index contributed by atoms with van der Waals surface area (Å²) in [6.07, 6.45) is 7.08. The topological polar surface area (TPSA) is 59.9 Å². The minimum Gasteiger partial charge on any atom is -0.476 e. The van der Waals surface area contributed by atoms with Crippen LogP contribution < -0.4 is 10.1 Å². The number of nitrogens with one attached hydrogen (secondary N) is 1. The van der Waals surface area contributed by atoms with Crippen LogP contribution in [-0.2, 0) is 0 Å². The fourth-order valence-corrected chi connectivity index (χ4v) is 2.47. The van der Waals surface area contributed by atoms with Gasteiger partial charge < -0.3 is 10.1 Å². The molecule has 112 valence electrons. The van der Waals surface area contributed by atoms with E-state index in [-0.39, 0.29) is 1.43 Å². The summed E-state index contributed by atoms with van der Waals surface area (Å²) in [5, 5.41) is 5.49. The van der Waals surface area contributed by atoms with Crippen LogP contribution in [0.1, 0.15) is 1.43 Å². The summed E-state index contributed by atoms with van der Waals surface area (Å²) in [6.45, 7) is 2.73. The Hall–Kier alpha value is -2.53. The van der Waals surface area contributed by atoms with Crippen molar-refractivity contribution < 1.29 is 6.16 Å². The summed E-state index contributed by atoms with van der Waals surface area (Å²) in [5.41, 5.74) is 1.85. The first kappa shape index (κ1) is 13.2. The van der Waals surface area contributed by atoms with Gasteiger partial charge in [-0.25, -0.2) is 4.98 Å². The summed E-state index contributed by atoms with van der Waals surface area (Å²) in [6, 6.07) is 8.18. The van der Waals surface area contributed by atoms with E-state index >= 15 is 0 Å². The van der Waals surface area contributed by atoms with Crippen LogP contribution in [0.4, 0.5) is 0 Å². The largest absolute Gasteiger partial charge is 0.476 e. The molecule has 5 nitrogen and oxygen atoms in total. The molecule has 3 aromatic rings. The van der Waals surface area contributed by atoms with E-state index in [2.05, 4.69) is 26.3 Å². The van der Waals surface area contributed by atoms with Gasteiger partial charge in [-0.2, -0.15) is 0 Å². The van der Waals surface area contributed by atoms with Crippen LogP contribution in [0, 0.1) is 5.92 Å². The molecule has 1 N–H and O–H groups in total. The van der Waals surface area contributed by atoms with Crippen molar-refractivity contribution in [2.45, 2.75) is 0 Å². The van der Waals surface area contributed by atoms with Crippen molar-refractivity contribution >= 4 is 10.8 Å². The monoisotopic (exact) mass is 294 g/mol. The number of aromatic nitrogens is 3. The zero-order valence-corrected chi connectivity index (χ0v) is 12.1. The highest BCUT2D eigenvalue weighted by Gasteiger charge is 2.17. The molecule has 0 saturated carbocycles. The Kier molecular flexibility index (Phi) is 3.40. The summed E-state index contributed by atoms with van der Waals surface area (Å²) in [4.78, 5) is 12.9. The number of hydrogen-bond donors (Lipinski definition) is 1. The van der Waals surface area contributed by atoms with Gasteiger partial charge in [0.1, 0.15) is 0 Å². The Morgan fingerprint density at radius 3 is 2.91 bits per heavy atom. The van der Waals surface area contributed by atoms with E-state index in [1.807, 2.05) is 24.4 Å². The minimum absolute atomic E-state index is 0. The molecule has 5 heteroatoms. The predicted octanol–water partition coefficient (Wildman–Crippen LogP) is 2.54. The summed E-state index contributed by atoms with van der Waals surface area (Å²) in [5.74, 6) is 1.16. The first-order chi connectivity index (χ1) is 10.9. The van der Waals surface area contributed by atoms with E-state index in [4.69, 9.17) is 4.74 Å². The van der Waals surface area contributed by atoms with E-state index < -0.39 is 0 Å². The number of rotatable bonds is 4. The van der Waals surface area contributed by atoms with Gasteiger partial charge in [-0.15, -0.1) is 0 Å². The molecule has 4 rings (SSSR count). The Labute approximate surface area is 129 Å². The van der Waals surface area contributed by atoms with E-state index in [0.717, 1.165) is 35.1 Å². The third kappa shape index (κ3) is 2.63. The number of ether oxygens (including phenoxy) is 1. The molecular weight excluding hydrogens is 276 g/mol. The molecule has 0 spiro atoms. The Morgan fingerprint density at radius 2 is 2.05 bits per heavy atom. The molecule has 1 aliphatic rings. The van der Waals surface area contributed by atoms with Crippen molar-refractivity contribution in [3.63, 3.8) is 0 Å². The normalized spacial score (nSPS) is 14.7. The van der Waals surface area contributed by atoms with Crippen LogP contribution in [-0.4, -0.2) is 34.6 Å². The van der Waals surface area contributed by atoms with E-state index in [9.17, 15) is 0 Å². The quantitative estimate of drug-likeness (QED) is 0.801. The average molecular weight is 294 g/mol. The number of nitrogens with zero attached hydrogens (tertiary/aromatic N) is 3. The number of benzene rings is 1. The van der Waals surface area contributed by atoms with E-state index in [1.165, 1.54) is 0 Å². The number of pyridine rings is 1. The third-order valence-electron chi connectivity index (χ3n) is 3.88. The molecule has 2 aromatic heterocycles. The second-order valence-electron chi connectivity index (χ2n) is 5.52. The van der Waals surface area contributed by atoms with Gasteiger partial charge in [-0.05, 0) is 17.5 Å². The minimum atomic E-state index is 0. The molecule has 1 aromatic carbocycles. The molecular formula is C17H18N4O. The molecule has 1 aliphatic heterocycles. The van der Waals surface area contributed by atoms with Gasteiger partial charge in [0, 0.05) is 43.8 Å². The molecule has 22 heavy (non-hydrogen) atoms. The fourth-order valence-electron chi connectivity index (χ4n) is 2.47. The lowest BCUT2D eigenvalue weighted by Crippen LogP contribution is -2.45. The SMILES string of the molecule is [HH].c1cc2cc(-c3cncc(OCC4CNC4)n3)ccc2cn1. The van der Waals surface area contributed by atoms with Crippen molar-refractivity contribution in [3.05, 3.63) is 49.1 Å². The van der Waals surface area contributed by atoms with Crippen LogP contribution in [0.25, 0.3) is 22.0 Å². The third-order valence-corrected chi connectivity index (χ3v) is 3.88. The Morgan fingerprint density at radius 1 is 1.09 bits per heavy atom. The maximum atomic E-state index is 5.74. The lowest BCUT2D eigenvalue weighted by molar-refractivity contribution is 0.193. The molecule has 1 saturated heterocycles. The van der Waals surface area contributed by atoms with Gasteiger partial charge in [0.05, 0.1) is 24.7 Å². The maximum absolute atomic E-state index is 5.74. The van der Waals surface area contributed by atoms with Gasteiger partial charge in [0.25, 0.3) is 0 Å². The molecule has 0 unspecified atom stereocenters. The van der Waals surface area contributed by atoms with Crippen molar-refractivity contribution in [1.29, 1.82) is 0 Å². The molecule has 0 amide bonds. The summed E-state index contributed by atoms with van der Waals surface area (Å²) in [7, 11) is 0. The molecule has 3 heterocycles. The lowest BCUT2D eigenvalue weighted by Gasteiger charge is -2.26. The molecule has 1 fully saturated rings. The van der Waals surface area contributed by atoms with Crippen LogP contribution in [0.2, 0.25) is 0 Å². The maximum Gasteiger partial charge on any atom is 0.232 e. The molecule has 0 radical (unpaired) electrons. The second kappa shape index (κ2) is 5.69. The zero-order chi connectivity index (χ0) is 14.8. The van der Waals surface area contributed by atoms with Crippen molar-refractivity contribution in [1.82, 2.24) is 20.3 Å². The van der Waals surface area contributed by atoms with Gasteiger partial charge >= 0.3 is 0 Å². The van der Waals surface area contributed by atoms with Crippen molar-refractivity contribution in [2.24, 2.45) is 5.92 Å². The number of fused-ring (bicyclic) bond motifs is 1. The second-order valence-corrected chi connectivity index (χ2v) is 5.52. The van der Waals surface area contributed by atoms with Crippen LogP contribution in [0.15, 0.2) is 49.1 Å². The summed E-state index contributed by atoms with van der Waals surface area (Å²) < 4.78 is 5.74. The van der Waals surface area contributed by atoms with Gasteiger partial charge in [-0.1, -0.05) is 12.1 Å².